The zero-order chi connectivity index (χ0) is 20.4. The van der Waals surface area contributed by atoms with Gasteiger partial charge >= 0.3 is 5.97 Å². The number of hydrogen-bond acceptors (Lipinski definition) is 3. The van der Waals surface area contributed by atoms with Crippen LogP contribution >= 0.6 is 0 Å². The van der Waals surface area contributed by atoms with E-state index in [-0.39, 0.29) is 5.56 Å². The fourth-order valence-corrected chi connectivity index (χ4v) is 3.29. The molecule has 4 aromatic rings. The van der Waals surface area contributed by atoms with Crippen LogP contribution in [0, 0.1) is 13.8 Å². The summed E-state index contributed by atoms with van der Waals surface area (Å²) in [6, 6.07) is 25.2. The van der Waals surface area contributed by atoms with Crippen molar-refractivity contribution in [2.75, 3.05) is 5.32 Å². The number of benzene rings is 3. The third-order valence-corrected chi connectivity index (χ3v) is 4.79. The number of nitrogens with zero attached hydrogens (tertiary/aromatic N) is 2. The number of aryl methyl sites for hydroxylation is 2. The fourth-order valence-electron chi connectivity index (χ4n) is 3.29. The van der Waals surface area contributed by atoms with E-state index in [2.05, 4.69) is 5.32 Å². The van der Waals surface area contributed by atoms with E-state index in [9.17, 15) is 9.90 Å². The standard InChI is InChI=1S/C24H21N3O2/c1-16-12-13-20(19(14-16)24(28)29)25-23-15-21(18-9-4-3-5-10-18)26-27(23)22-11-7-6-8-17(22)2/h3-15,25H,1-2H3,(H,28,29). The van der Waals surface area contributed by atoms with Crippen LogP contribution in [-0.4, -0.2) is 20.9 Å². The summed E-state index contributed by atoms with van der Waals surface area (Å²) in [7, 11) is 0. The van der Waals surface area contributed by atoms with E-state index >= 15 is 0 Å². The molecule has 3 aromatic carbocycles. The predicted octanol–water partition coefficient (Wildman–Crippen LogP) is 5.60. The monoisotopic (exact) mass is 383 g/mol. The minimum Gasteiger partial charge on any atom is -0.478 e. The molecule has 0 radical (unpaired) electrons. The van der Waals surface area contributed by atoms with Crippen molar-refractivity contribution in [3.8, 4) is 16.9 Å². The number of carbonyl (C=O) groups is 1. The molecule has 0 saturated heterocycles. The van der Waals surface area contributed by atoms with Gasteiger partial charge in [-0.05, 0) is 37.6 Å². The molecule has 0 aliphatic heterocycles. The molecular formula is C24H21N3O2. The molecule has 2 N–H and O–H groups in total. The normalized spacial score (nSPS) is 10.7. The molecule has 5 heteroatoms. The highest BCUT2D eigenvalue weighted by atomic mass is 16.4. The van der Waals surface area contributed by atoms with E-state index in [0.29, 0.717) is 11.5 Å². The second-order valence-corrected chi connectivity index (χ2v) is 6.96. The number of nitrogens with one attached hydrogen (secondary N) is 1. The largest absolute Gasteiger partial charge is 0.478 e. The Bertz CT molecular complexity index is 1180. The van der Waals surface area contributed by atoms with Crippen molar-refractivity contribution in [2.24, 2.45) is 0 Å². The van der Waals surface area contributed by atoms with Gasteiger partial charge in [0.05, 0.1) is 22.6 Å². The number of anilines is 2. The summed E-state index contributed by atoms with van der Waals surface area (Å²) in [6.45, 7) is 3.90. The molecule has 29 heavy (non-hydrogen) atoms. The molecule has 0 saturated carbocycles. The fraction of sp³-hybridized carbons (Fsp3) is 0.0833. The summed E-state index contributed by atoms with van der Waals surface area (Å²) < 4.78 is 1.82. The lowest BCUT2D eigenvalue weighted by Crippen LogP contribution is -2.07. The Morgan fingerprint density at radius 3 is 2.38 bits per heavy atom. The first-order valence-electron chi connectivity index (χ1n) is 9.35. The number of aromatic nitrogens is 2. The second-order valence-electron chi connectivity index (χ2n) is 6.96. The number of aromatic carboxylic acids is 1. The lowest BCUT2D eigenvalue weighted by molar-refractivity contribution is 0.0698. The average Bonchev–Trinajstić information content (AvgIpc) is 3.14. The molecule has 0 fully saturated rings. The predicted molar refractivity (Wildman–Crippen MR) is 115 cm³/mol. The average molecular weight is 383 g/mol. The minimum absolute atomic E-state index is 0.226. The third-order valence-electron chi connectivity index (χ3n) is 4.79. The van der Waals surface area contributed by atoms with Crippen LogP contribution in [0.15, 0.2) is 78.9 Å². The first-order valence-corrected chi connectivity index (χ1v) is 9.35. The molecule has 0 aliphatic rings. The summed E-state index contributed by atoms with van der Waals surface area (Å²) in [6.07, 6.45) is 0. The highest BCUT2D eigenvalue weighted by Gasteiger charge is 2.16. The Morgan fingerprint density at radius 2 is 1.66 bits per heavy atom. The Morgan fingerprint density at radius 1 is 0.931 bits per heavy atom. The maximum Gasteiger partial charge on any atom is 0.337 e. The van der Waals surface area contributed by atoms with E-state index < -0.39 is 5.97 Å². The number of carboxylic acids is 1. The molecule has 0 atom stereocenters. The highest BCUT2D eigenvalue weighted by molar-refractivity contribution is 5.95. The molecule has 5 nitrogen and oxygen atoms in total. The van der Waals surface area contributed by atoms with Gasteiger partial charge in [0.1, 0.15) is 5.82 Å². The zero-order valence-corrected chi connectivity index (χ0v) is 16.3. The van der Waals surface area contributed by atoms with Crippen LogP contribution in [0.3, 0.4) is 0 Å². The van der Waals surface area contributed by atoms with Gasteiger partial charge in [-0.1, -0.05) is 60.2 Å². The van der Waals surface area contributed by atoms with Gasteiger partial charge in [0.25, 0.3) is 0 Å². The molecule has 0 unspecified atom stereocenters. The van der Waals surface area contributed by atoms with Gasteiger partial charge in [0, 0.05) is 11.6 Å². The summed E-state index contributed by atoms with van der Waals surface area (Å²) in [5.41, 5.74) is 5.44. The van der Waals surface area contributed by atoms with Crippen molar-refractivity contribution in [3.05, 3.63) is 95.6 Å². The van der Waals surface area contributed by atoms with Gasteiger partial charge in [-0.3, -0.25) is 0 Å². The van der Waals surface area contributed by atoms with Gasteiger partial charge in [-0.2, -0.15) is 5.10 Å². The molecule has 0 spiro atoms. The minimum atomic E-state index is -0.971. The lowest BCUT2D eigenvalue weighted by Gasteiger charge is -2.13. The van der Waals surface area contributed by atoms with E-state index in [1.165, 1.54) is 0 Å². The molecular weight excluding hydrogens is 362 g/mol. The molecule has 144 valence electrons. The molecule has 1 aromatic heterocycles. The Balaban J connectivity index is 1.85. The van der Waals surface area contributed by atoms with Crippen LogP contribution in [0.2, 0.25) is 0 Å². The van der Waals surface area contributed by atoms with E-state index in [0.717, 1.165) is 28.1 Å². The summed E-state index contributed by atoms with van der Waals surface area (Å²) in [4.78, 5) is 11.7. The van der Waals surface area contributed by atoms with Gasteiger partial charge in [-0.25, -0.2) is 9.48 Å². The van der Waals surface area contributed by atoms with E-state index in [4.69, 9.17) is 5.10 Å². The van der Waals surface area contributed by atoms with Crippen molar-refractivity contribution in [2.45, 2.75) is 13.8 Å². The second kappa shape index (κ2) is 7.64. The van der Waals surface area contributed by atoms with E-state index in [1.807, 2.05) is 85.3 Å². The van der Waals surface area contributed by atoms with Gasteiger partial charge in [-0.15, -0.1) is 0 Å². The topological polar surface area (TPSA) is 67.2 Å². The SMILES string of the molecule is Cc1ccc(Nc2cc(-c3ccccc3)nn2-c2ccccc2C)c(C(=O)O)c1. The summed E-state index contributed by atoms with van der Waals surface area (Å²) in [5, 5.41) is 17.7. The van der Waals surface area contributed by atoms with Crippen LogP contribution in [0.25, 0.3) is 16.9 Å². The summed E-state index contributed by atoms with van der Waals surface area (Å²) in [5.74, 6) is -0.272. The maximum atomic E-state index is 11.7. The Labute approximate surface area is 169 Å². The molecule has 1 heterocycles. The quantitative estimate of drug-likeness (QED) is 0.471. The van der Waals surface area contributed by atoms with Crippen LogP contribution in [0.4, 0.5) is 11.5 Å². The first-order chi connectivity index (χ1) is 14.0. The highest BCUT2D eigenvalue weighted by Crippen LogP contribution is 2.29. The van der Waals surface area contributed by atoms with Crippen LogP contribution in [-0.2, 0) is 0 Å². The smallest absolute Gasteiger partial charge is 0.337 e. The van der Waals surface area contributed by atoms with Gasteiger partial charge in [0.15, 0.2) is 0 Å². The molecule has 4 rings (SSSR count). The third kappa shape index (κ3) is 3.75. The Kier molecular flexibility index (Phi) is 4.87. The van der Waals surface area contributed by atoms with Crippen LogP contribution < -0.4 is 5.32 Å². The first kappa shape index (κ1) is 18.5. The van der Waals surface area contributed by atoms with Crippen molar-refractivity contribution < 1.29 is 9.90 Å². The molecule has 0 bridgehead atoms. The number of hydrogen-bond donors (Lipinski definition) is 2. The van der Waals surface area contributed by atoms with Crippen molar-refractivity contribution in [1.82, 2.24) is 9.78 Å². The number of rotatable bonds is 5. The van der Waals surface area contributed by atoms with Crippen molar-refractivity contribution in [1.29, 1.82) is 0 Å². The lowest BCUT2D eigenvalue weighted by atomic mass is 10.1. The van der Waals surface area contributed by atoms with Crippen molar-refractivity contribution >= 4 is 17.5 Å². The number of carboxylic acid groups (broad SMARTS) is 1. The maximum absolute atomic E-state index is 11.7. The Hall–Kier alpha value is -3.86. The van der Waals surface area contributed by atoms with Crippen molar-refractivity contribution in [3.63, 3.8) is 0 Å². The van der Waals surface area contributed by atoms with Crippen LogP contribution in [0.5, 0.6) is 0 Å². The van der Waals surface area contributed by atoms with Crippen LogP contribution in [0.1, 0.15) is 21.5 Å². The molecule has 0 aliphatic carbocycles. The zero-order valence-electron chi connectivity index (χ0n) is 16.3. The molecule has 0 amide bonds. The van der Waals surface area contributed by atoms with E-state index in [1.54, 1.807) is 12.1 Å². The summed E-state index contributed by atoms with van der Waals surface area (Å²) >= 11 is 0. The number of para-hydroxylation sites is 1. The van der Waals surface area contributed by atoms with Gasteiger partial charge < -0.3 is 10.4 Å². The van der Waals surface area contributed by atoms with Gasteiger partial charge in [0.2, 0.25) is 0 Å².